The second kappa shape index (κ2) is 6.72. The van der Waals surface area contributed by atoms with E-state index in [0.29, 0.717) is 24.9 Å². The maximum absolute atomic E-state index is 10.8. The molecule has 0 radical (unpaired) electrons. The van der Waals surface area contributed by atoms with Gasteiger partial charge in [-0.15, -0.1) is 0 Å². The summed E-state index contributed by atoms with van der Waals surface area (Å²) in [6.07, 6.45) is 1.46. The van der Waals surface area contributed by atoms with Gasteiger partial charge < -0.3 is 10.4 Å². The van der Waals surface area contributed by atoms with Crippen LogP contribution in [0.4, 0.5) is 11.4 Å². The average Bonchev–Trinajstić information content (AvgIpc) is 2.30. The van der Waals surface area contributed by atoms with Crippen LogP contribution in [0.2, 0.25) is 0 Å². The van der Waals surface area contributed by atoms with Gasteiger partial charge in [-0.25, -0.2) is 0 Å². The Kier molecular flexibility index (Phi) is 5.29. The van der Waals surface area contributed by atoms with Crippen LogP contribution >= 0.6 is 0 Å². The summed E-state index contributed by atoms with van der Waals surface area (Å²) in [6.45, 7) is 4.20. The number of unbranched alkanes of at least 4 members (excludes halogenated alkanes) is 1. The Labute approximate surface area is 111 Å². The molecule has 1 aromatic rings. The van der Waals surface area contributed by atoms with Crippen molar-refractivity contribution in [2.45, 2.75) is 33.1 Å². The molecule has 0 bridgehead atoms. The quantitative estimate of drug-likeness (QED) is 0.449. The Morgan fingerprint density at radius 3 is 2.58 bits per heavy atom. The molecule has 19 heavy (non-hydrogen) atoms. The molecule has 0 aliphatic rings. The van der Waals surface area contributed by atoms with Gasteiger partial charge in [-0.3, -0.25) is 14.9 Å². The van der Waals surface area contributed by atoms with Gasteiger partial charge in [0.05, 0.1) is 4.92 Å². The van der Waals surface area contributed by atoms with Crippen molar-refractivity contribution < 1.29 is 14.8 Å². The van der Waals surface area contributed by atoms with Crippen LogP contribution in [0.3, 0.4) is 0 Å². The fraction of sp³-hybridized carbons (Fsp3) is 0.462. The number of carbonyl (C=O) groups is 1. The smallest absolute Gasteiger partial charge is 0.303 e. The SMILES string of the molecule is Cc1cc(C)c([N+](=O)[O-])cc1NCCCCC(=O)O. The van der Waals surface area contributed by atoms with E-state index in [9.17, 15) is 14.9 Å². The molecule has 0 saturated carbocycles. The number of aliphatic carboxylic acids is 1. The number of nitrogens with zero attached hydrogens (tertiary/aromatic N) is 1. The van der Waals surface area contributed by atoms with Crippen LogP contribution in [-0.2, 0) is 4.79 Å². The minimum absolute atomic E-state index is 0.0960. The zero-order valence-corrected chi connectivity index (χ0v) is 11.1. The van der Waals surface area contributed by atoms with Gasteiger partial charge in [-0.2, -0.15) is 0 Å². The summed E-state index contributed by atoms with van der Waals surface area (Å²) in [4.78, 5) is 20.8. The summed E-state index contributed by atoms with van der Waals surface area (Å²) in [5.41, 5.74) is 2.41. The monoisotopic (exact) mass is 266 g/mol. The summed E-state index contributed by atoms with van der Waals surface area (Å²) < 4.78 is 0. The van der Waals surface area contributed by atoms with Crippen LogP contribution in [-0.4, -0.2) is 22.5 Å². The van der Waals surface area contributed by atoms with E-state index in [4.69, 9.17) is 5.11 Å². The summed E-state index contributed by atoms with van der Waals surface area (Å²) in [7, 11) is 0. The molecule has 0 heterocycles. The molecule has 2 N–H and O–H groups in total. The molecule has 104 valence electrons. The first kappa shape index (κ1) is 14.9. The molecule has 0 spiro atoms. The molecule has 1 rings (SSSR count). The normalized spacial score (nSPS) is 10.2. The Bertz CT molecular complexity index is 486. The number of hydrogen-bond acceptors (Lipinski definition) is 4. The van der Waals surface area contributed by atoms with Gasteiger partial charge in [0.25, 0.3) is 5.69 Å². The van der Waals surface area contributed by atoms with Gasteiger partial charge in [-0.05, 0) is 38.3 Å². The van der Waals surface area contributed by atoms with Crippen molar-refractivity contribution in [2.75, 3.05) is 11.9 Å². The minimum atomic E-state index is -0.804. The van der Waals surface area contributed by atoms with E-state index in [1.54, 1.807) is 13.0 Å². The molecule has 6 nitrogen and oxygen atoms in total. The van der Waals surface area contributed by atoms with Crippen molar-refractivity contribution in [3.05, 3.63) is 33.4 Å². The van der Waals surface area contributed by atoms with Crippen molar-refractivity contribution in [2.24, 2.45) is 0 Å². The van der Waals surface area contributed by atoms with E-state index >= 15 is 0 Å². The first-order valence-corrected chi connectivity index (χ1v) is 6.13. The number of rotatable bonds is 7. The number of benzene rings is 1. The Balaban J connectivity index is 2.60. The summed E-state index contributed by atoms with van der Waals surface area (Å²) in [6, 6.07) is 3.31. The number of anilines is 1. The highest BCUT2D eigenvalue weighted by atomic mass is 16.6. The van der Waals surface area contributed by atoms with Crippen LogP contribution in [0.5, 0.6) is 0 Å². The molecule has 0 aliphatic carbocycles. The fourth-order valence-electron chi connectivity index (χ4n) is 1.85. The number of nitro benzene ring substituents is 1. The number of nitro groups is 1. The topological polar surface area (TPSA) is 92.5 Å². The van der Waals surface area contributed by atoms with E-state index in [-0.39, 0.29) is 12.1 Å². The van der Waals surface area contributed by atoms with E-state index in [1.807, 2.05) is 6.92 Å². The van der Waals surface area contributed by atoms with Crippen LogP contribution in [0, 0.1) is 24.0 Å². The average molecular weight is 266 g/mol. The summed E-state index contributed by atoms with van der Waals surface area (Å²) >= 11 is 0. The van der Waals surface area contributed by atoms with Gasteiger partial charge in [0.15, 0.2) is 0 Å². The predicted molar refractivity (Wildman–Crippen MR) is 72.5 cm³/mol. The van der Waals surface area contributed by atoms with Gasteiger partial charge in [0, 0.05) is 30.3 Å². The molecule has 0 fully saturated rings. The molecule has 6 heteroatoms. The number of nitrogens with one attached hydrogen (secondary N) is 1. The number of carboxylic acids is 1. The lowest BCUT2D eigenvalue weighted by molar-refractivity contribution is -0.385. The number of carboxylic acid groups (broad SMARTS) is 1. The van der Waals surface area contributed by atoms with Crippen molar-refractivity contribution in [1.82, 2.24) is 0 Å². The van der Waals surface area contributed by atoms with Crippen molar-refractivity contribution >= 4 is 17.3 Å². The van der Waals surface area contributed by atoms with E-state index in [1.165, 1.54) is 6.07 Å². The standard InChI is InChI=1S/C13H18N2O4/c1-9-7-10(2)12(15(18)19)8-11(9)14-6-4-3-5-13(16)17/h7-8,14H,3-6H2,1-2H3,(H,16,17). The maximum atomic E-state index is 10.8. The predicted octanol–water partition coefficient (Wildman–Crippen LogP) is 2.88. The lowest BCUT2D eigenvalue weighted by Gasteiger charge is -2.10. The third-order valence-electron chi connectivity index (χ3n) is 2.87. The van der Waals surface area contributed by atoms with Crippen LogP contribution < -0.4 is 5.32 Å². The molecule has 0 unspecified atom stereocenters. The molecule has 0 amide bonds. The van der Waals surface area contributed by atoms with Crippen molar-refractivity contribution in [1.29, 1.82) is 0 Å². The van der Waals surface area contributed by atoms with Crippen LogP contribution in [0.1, 0.15) is 30.4 Å². The highest BCUT2D eigenvalue weighted by molar-refractivity contribution is 5.66. The maximum Gasteiger partial charge on any atom is 0.303 e. The fourth-order valence-corrected chi connectivity index (χ4v) is 1.85. The molecule has 0 saturated heterocycles. The molecular formula is C13H18N2O4. The van der Waals surface area contributed by atoms with Crippen molar-refractivity contribution in [3.8, 4) is 0 Å². The second-order valence-electron chi connectivity index (χ2n) is 4.49. The zero-order chi connectivity index (χ0) is 14.4. The van der Waals surface area contributed by atoms with Gasteiger partial charge in [0.1, 0.15) is 0 Å². The Morgan fingerprint density at radius 1 is 1.32 bits per heavy atom. The Morgan fingerprint density at radius 2 is 2.00 bits per heavy atom. The highest BCUT2D eigenvalue weighted by Crippen LogP contribution is 2.26. The lowest BCUT2D eigenvalue weighted by Crippen LogP contribution is -2.05. The third-order valence-corrected chi connectivity index (χ3v) is 2.87. The molecular weight excluding hydrogens is 248 g/mol. The molecule has 0 aromatic heterocycles. The number of aryl methyl sites for hydroxylation is 2. The summed E-state index contributed by atoms with van der Waals surface area (Å²) in [5, 5.41) is 22.5. The highest BCUT2D eigenvalue weighted by Gasteiger charge is 2.13. The Hall–Kier alpha value is -2.11. The third kappa shape index (κ3) is 4.57. The first-order chi connectivity index (χ1) is 8.91. The largest absolute Gasteiger partial charge is 0.481 e. The zero-order valence-electron chi connectivity index (χ0n) is 11.1. The van der Waals surface area contributed by atoms with Gasteiger partial charge in [0.2, 0.25) is 0 Å². The van der Waals surface area contributed by atoms with E-state index < -0.39 is 10.9 Å². The van der Waals surface area contributed by atoms with Gasteiger partial charge >= 0.3 is 5.97 Å². The summed E-state index contributed by atoms with van der Waals surface area (Å²) in [5.74, 6) is -0.804. The van der Waals surface area contributed by atoms with Crippen LogP contribution in [0.25, 0.3) is 0 Å². The first-order valence-electron chi connectivity index (χ1n) is 6.13. The van der Waals surface area contributed by atoms with E-state index in [2.05, 4.69) is 5.32 Å². The molecule has 0 atom stereocenters. The molecule has 0 aliphatic heterocycles. The van der Waals surface area contributed by atoms with Crippen molar-refractivity contribution in [3.63, 3.8) is 0 Å². The minimum Gasteiger partial charge on any atom is -0.481 e. The second-order valence-corrected chi connectivity index (χ2v) is 4.49. The number of hydrogen-bond donors (Lipinski definition) is 2. The van der Waals surface area contributed by atoms with Gasteiger partial charge in [-0.1, -0.05) is 0 Å². The molecule has 1 aromatic carbocycles. The van der Waals surface area contributed by atoms with E-state index in [0.717, 1.165) is 11.3 Å². The lowest BCUT2D eigenvalue weighted by atomic mass is 10.1. The van der Waals surface area contributed by atoms with Crippen LogP contribution in [0.15, 0.2) is 12.1 Å².